The molecule has 1 fully saturated rings. The fourth-order valence-corrected chi connectivity index (χ4v) is 3.66. The van der Waals surface area contributed by atoms with Gasteiger partial charge in [0, 0.05) is 26.1 Å². The molecule has 1 atom stereocenters. The van der Waals surface area contributed by atoms with E-state index in [9.17, 15) is 9.90 Å². The van der Waals surface area contributed by atoms with Crippen LogP contribution in [0.2, 0.25) is 0 Å². The predicted octanol–water partition coefficient (Wildman–Crippen LogP) is 0.545. The molecule has 2 aromatic rings. The molecule has 4 rings (SSSR count). The van der Waals surface area contributed by atoms with E-state index in [1.807, 2.05) is 6.07 Å². The Hall–Kier alpha value is -2.91. The van der Waals surface area contributed by atoms with Crippen molar-refractivity contribution in [1.82, 2.24) is 14.9 Å². The number of carbonyl (C=O) groups is 1. The van der Waals surface area contributed by atoms with Gasteiger partial charge >= 0.3 is 5.97 Å². The first-order valence-electron chi connectivity index (χ1n) is 8.67. The number of carboxylic acids is 1. The minimum atomic E-state index is -0.936. The second-order valence-corrected chi connectivity index (χ2v) is 6.98. The van der Waals surface area contributed by atoms with Crippen LogP contribution in [0.25, 0.3) is 0 Å². The number of nitrogens with zero attached hydrogens (tertiary/aromatic N) is 3. The van der Waals surface area contributed by atoms with Crippen LogP contribution in [0.4, 0.5) is 11.8 Å². The van der Waals surface area contributed by atoms with Crippen molar-refractivity contribution in [2.24, 2.45) is 0 Å². The summed E-state index contributed by atoms with van der Waals surface area (Å²) in [5.41, 5.74) is 13.0. The molecule has 1 spiro atoms. The number of anilines is 2. The molecule has 27 heavy (non-hydrogen) atoms. The zero-order valence-corrected chi connectivity index (χ0v) is 14.7. The summed E-state index contributed by atoms with van der Waals surface area (Å²) >= 11 is 0. The van der Waals surface area contributed by atoms with Gasteiger partial charge in [-0.25, -0.2) is 4.79 Å². The molecule has 1 saturated heterocycles. The van der Waals surface area contributed by atoms with Gasteiger partial charge < -0.3 is 26.0 Å². The Balaban J connectivity index is 1.54. The first-order chi connectivity index (χ1) is 12.9. The SMILES string of the molecule is Nc1nc(N)c2c(n1)OC1(COCCN(Cc3cccc(C(=O)O)c3)C1)C2. The van der Waals surface area contributed by atoms with Crippen LogP contribution in [0, 0.1) is 0 Å². The van der Waals surface area contributed by atoms with Crippen molar-refractivity contribution in [3.63, 3.8) is 0 Å². The van der Waals surface area contributed by atoms with E-state index in [2.05, 4.69) is 14.9 Å². The number of fused-ring (bicyclic) bond motifs is 1. The van der Waals surface area contributed by atoms with Gasteiger partial charge in [0.15, 0.2) is 5.60 Å². The average molecular weight is 371 g/mol. The molecule has 0 saturated carbocycles. The first kappa shape index (κ1) is 17.5. The topological polar surface area (TPSA) is 137 Å². The van der Waals surface area contributed by atoms with Crippen molar-refractivity contribution in [2.45, 2.75) is 18.6 Å². The average Bonchev–Trinajstić information content (AvgIpc) is 2.85. The summed E-state index contributed by atoms with van der Waals surface area (Å²) in [6.45, 7) is 2.87. The molecule has 9 heteroatoms. The third-order valence-electron chi connectivity index (χ3n) is 4.84. The maximum absolute atomic E-state index is 11.2. The highest BCUT2D eigenvalue weighted by Crippen LogP contribution is 2.38. The number of aromatic nitrogens is 2. The normalized spacial score (nSPS) is 22.2. The molecule has 1 unspecified atom stereocenters. The minimum Gasteiger partial charge on any atom is -0.478 e. The largest absolute Gasteiger partial charge is 0.478 e. The maximum atomic E-state index is 11.2. The molecule has 2 aliphatic rings. The van der Waals surface area contributed by atoms with Crippen LogP contribution in [0.1, 0.15) is 21.5 Å². The molecular weight excluding hydrogens is 350 g/mol. The Morgan fingerprint density at radius 3 is 3.00 bits per heavy atom. The second-order valence-electron chi connectivity index (χ2n) is 6.98. The Labute approximate surface area is 155 Å². The third-order valence-corrected chi connectivity index (χ3v) is 4.84. The molecule has 3 heterocycles. The maximum Gasteiger partial charge on any atom is 0.335 e. The van der Waals surface area contributed by atoms with E-state index >= 15 is 0 Å². The number of ether oxygens (including phenoxy) is 2. The van der Waals surface area contributed by atoms with Gasteiger partial charge in [0.05, 0.1) is 24.3 Å². The van der Waals surface area contributed by atoms with Crippen LogP contribution in [-0.4, -0.2) is 57.8 Å². The van der Waals surface area contributed by atoms with E-state index in [1.165, 1.54) is 0 Å². The van der Waals surface area contributed by atoms with Gasteiger partial charge in [-0.1, -0.05) is 12.1 Å². The van der Waals surface area contributed by atoms with Crippen molar-refractivity contribution in [3.8, 4) is 5.88 Å². The van der Waals surface area contributed by atoms with E-state index in [0.717, 1.165) is 11.1 Å². The molecule has 5 N–H and O–H groups in total. The van der Waals surface area contributed by atoms with E-state index in [1.54, 1.807) is 18.2 Å². The van der Waals surface area contributed by atoms with E-state index in [-0.39, 0.29) is 11.5 Å². The Morgan fingerprint density at radius 2 is 2.19 bits per heavy atom. The van der Waals surface area contributed by atoms with Gasteiger partial charge in [0.1, 0.15) is 5.82 Å². The van der Waals surface area contributed by atoms with Crippen LogP contribution >= 0.6 is 0 Å². The van der Waals surface area contributed by atoms with Crippen LogP contribution in [-0.2, 0) is 17.7 Å². The number of nitrogen functional groups attached to an aromatic ring is 2. The summed E-state index contributed by atoms with van der Waals surface area (Å²) < 4.78 is 11.9. The zero-order chi connectivity index (χ0) is 19.0. The lowest BCUT2D eigenvalue weighted by molar-refractivity contribution is -0.00265. The summed E-state index contributed by atoms with van der Waals surface area (Å²) in [5.74, 6) is -0.105. The van der Waals surface area contributed by atoms with Gasteiger partial charge in [0.2, 0.25) is 11.8 Å². The fourth-order valence-electron chi connectivity index (χ4n) is 3.66. The number of aromatic carboxylic acids is 1. The lowest BCUT2D eigenvalue weighted by atomic mass is 9.97. The van der Waals surface area contributed by atoms with Crippen LogP contribution in [0.3, 0.4) is 0 Å². The Kier molecular flexibility index (Phi) is 4.33. The lowest BCUT2D eigenvalue weighted by Gasteiger charge is -2.31. The molecular formula is C18H21N5O4. The van der Waals surface area contributed by atoms with E-state index in [0.29, 0.717) is 51.0 Å². The van der Waals surface area contributed by atoms with Crippen LogP contribution in [0.5, 0.6) is 5.88 Å². The van der Waals surface area contributed by atoms with E-state index < -0.39 is 11.6 Å². The van der Waals surface area contributed by atoms with Crippen molar-refractivity contribution in [3.05, 3.63) is 41.0 Å². The van der Waals surface area contributed by atoms with Gasteiger partial charge in [-0.05, 0) is 17.7 Å². The summed E-state index contributed by atoms with van der Waals surface area (Å²) in [6, 6.07) is 6.94. The predicted molar refractivity (Wildman–Crippen MR) is 97.4 cm³/mol. The monoisotopic (exact) mass is 371 g/mol. The minimum absolute atomic E-state index is 0.0835. The number of nitrogens with two attached hydrogens (primary N) is 2. The fraction of sp³-hybridized carbons (Fsp3) is 0.389. The Morgan fingerprint density at radius 1 is 1.33 bits per heavy atom. The highest BCUT2D eigenvalue weighted by atomic mass is 16.6. The molecule has 0 bridgehead atoms. The summed E-state index contributed by atoms with van der Waals surface area (Å²) in [7, 11) is 0. The summed E-state index contributed by atoms with van der Waals surface area (Å²) in [5, 5.41) is 9.19. The highest BCUT2D eigenvalue weighted by Gasteiger charge is 2.44. The van der Waals surface area contributed by atoms with Crippen molar-refractivity contribution < 1.29 is 19.4 Å². The summed E-state index contributed by atoms with van der Waals surface area (Å²) in [6.07, 6.45) is 0.542. The standard InChI is InChI=1S/C18H21N5O4/c19-14-13-7-18(27-15(13)22-17(20)21-14)9-23(4-5-26-10-18)8-11-2-1-3-12(6-11)16(24)25/h1-3,6H,4-5,7-10H2,(H,24,25)(H4,19,20,21,22). The quantitative estimate of drug-likeness (QED) is 0.706. The second kappa shape index (κ2) is 6.67. The third kappa shape index (κ3) is 3.51. The molecule has 2 aliphatic heterocycles. The Bertz CT molecular complexity index is 890. The number of hydrogen-bond acceptors (Lipinski definition) is 8. The highest BCUT2D eigenvalue weighted by molar-refractivity contribution is 5.87. The van der Waals surface area contributed by atoms with Crippen molar-refractivity contribution >= 4 is 17.7 Å². The molecule has 142 valence electrons. The van der Waals surface area contributed by atoms with Crippen molar-refractivity contribution in [2.75, 3.05) is 37.8 Å². The van der Waals surface area contributed by atoms with Crippen LogP contribution < -0.4 is 16.2 Å². The summed E-state index contributed by atoms with van der Waals surface area (Å²) in [4.78, 5) is 21.6. The zero-order valence-electron chi connectivity index (χ0n) is 14.7. The van der Waals surface area contributed by atoms with Gasteiger partial charge in [0.25, 0.3) is 0 Å². The number of rotatable bonds is 3. The number of carboxylic acid groups (broad SMARTS) is 1. The molecule has 1 aromatic carbocycles. The number of hydrogen-bond donors (Lipinski definition) is 3. The lowest BCUT2D eigenvalue weighted by Crippen LogP contribution is -2.48. The smallest absolute Gasteiger partial charge is 0.335 e. The molecule has 0 radical (unpaired) electrons. The van der Waals surface area contributed by atoms with E-state index in [4.69, 9.17) is 20.9 Å². The molecule has 0 amide bonds. The molecule has 9 nitrogen and oxygen atoms in total. The molecule has 1 aromatic heterocycles. The van der Waals surface area contributed by atoms with Gasteiger partial charge in [-0.2, -0.15) is 9.97 Å². The number of benzene rings is 1. The molecule has 0 aliphatic carbocycles. The van der Waals surface area contributed by atoms with Crippen LogP contribution in [0.15, 0.2) is 24.3 Å². The van der Waals surface area contributed by atoms with Gasteiger partial charge in [-0.3, -0.25) is 4.90 Å². The van der Waals surface area contributed by atoms with Gasteiger partial charge in [-0.15, -0.1) is 0 Å². The van der Waals surface area contributed by atoms with Crippen molar-refractivity contribution in [1.29, 1.82) is 0 Å². The first-order valence-corrected chi connectivity index (χ1v) is 8.67.